The number of hydrogen-bond donors (Lipinski definition) is 1. The molecule has 5 rings (SSSR count). The van der Waals surface area contributed by atoms with Gasteiger partial charge < -0.3 is 19.7 Å². The van der Waals surface area contributed by atoms with Crippen molar-refractivity contribution in [2.24, 2.45) is 0 Å². The van der Waals surface area contributed by atoms with Gasteiger partial charge in [0.15, 0.2) is 11.5 Å². The van der Waals surface area contributed by atoms with Crippen LogP contribution in [0.3, 0.4) is 0 Å². The Morgan fingerprint density at radius 3 is 2.69 bits per heavy atom. The van der Waals surface area contributed by atoms with Gasteiger partial charge >= 0.3 is 0 Å². The first-order valence-electron chi connectivity index (χ1n) is 11.0. The second-order valence-electron chi connectivity index (χ2n) is 8.12. The number of nitrogens with one attached hydrogen (secondary N) is 1. The maximum atomic E-state index is 13.5. The number of fused-ring (bicyclic) bond motifs is 2. The summed E-state index contributed by atoms with van der Waals surface area (Å²) >= 11 is 6.02. The molecule has 4 aromatic rings. The Bertz CT molecular complexity index is 1390. The Labute approximate surface area is 206 Å². The molecule has 1 N–H and O–H groups in total. The molecule has 0 aliphatic carbocycles. The van der Waals surface area contributed by atoms with Crippen molar-refractivity contribution in [1.82, 2.24) is 19.9 Å². The van der Waals surface area contributed by atoms with Gasteiger partial charge in [-0.15, -0.1) is 5.10 Å². The van der Waals surface area contributed by atoms with Crippen molar-refractivity contribution in [3.63, 3.8) is 0 Å². The molecule has 0 saturated carbocycles. The molecule has 0 bridgehead atoms. The van der Waals surface area contributed by atoms with Crippen molar-refractivity contribution in [3.8, 4) is 11.5 Å². The van der Waals surface area contributed by atoms with Crippen molar-refractivity contribution in [2.75, 3.05) is 12.1 Å². The topological polar surface area (TPSA) is 98.6 Å². The molecule has 1 aromatic heterocycles. The lowest BCUT2D eigenvalue weighted by Gasteiger charge is -2.29. The minimum atomic E-state index is -0.779. The summed E-state index contributed by atoms with van der Waals surface area (Å²) in [6, 6.07) is 18.9. The van der Waals surface area contributed by atoms with Gasteiger partial charge in [0.25, 0.3) is 0 Å². The maximum absolute atomic E-state index is 13.5. The molecule has 2 heterocycles. The van der Waals surface area contributed by atoms with E-state index in [1.807, 2.05) is 36.4 Å². The van der Waals surface area contributed by atoms with Crippen molar-refractivity contribution in [3.05, 3.63) is 77.3 Å². The number of benzene rings is 3. The fraction of sp³-hybridized carbons (Fsp3) is 0.200. The van der Waals surface area contributed by atoms with E-state index in [1.54, 1.807) is 37.3 Å². The Balaban J connectivity index is 1.37. The number of aromatic nitrogens is 3. The zero-order valence-electron chi connectivity index (χ0n) is 18.8. The van der Waals surface area contributed by atoms with Gasteiger partial charge in [-0.3, -0.25) is 9.59 Å². The van der Waals surface area contributed by atoms with E-state index in [2.05, 4.69) is 15.6 Å². The van der Waals surface area contributed by atoms with E-state index in [0.29, 0.717) is 27.7 Å². The maximum Gasteiger partial charge on any atom is 0.246 e. The number of rotatable bonds is 7. The molecule has 1 atom stereocenters. The van der Waals surface area contributed by atoms with Gasteiger partial charge in [-0.05, 0) is 48.9 Å². The second kappa shape index (κ2) is 9.63. The van der Waals surface area contributed by atoms with Gasteiger partial charge in [0.1, 0.15) is 18.1 Å². The molecule has 178 valence electrons. The molecular formula is C25H22ClN5O4. The van der Waals surface area contributed by atoms with Crippen LogP contribution in [0.25, 0.3) is 11.0 Å². The molecule has 35 heavy (non-hydrogen) atoms. The summed E-state index contributed by atoms with van der Waals surface area (Å²) in [5, 5.41) is 11.7. The number of para-hydroxylation sites is 1. The summed E-state index contributed by atoms with van der Waals surface area (Å²) < 4.78 is 12.2. The van der Waals surface area contributed by atoms with Crippen LogP contribution in [0.15, 0.2) is 66.7 Å². The minimum absolute atomic E-state index is 0.0598. The van der Waals surface area contributed by atoms with Gasteiger partial charge in [-0.25, -0.2) is 4.68 Å². The molecule has 0 radical (unpaired) electrons. The zero-order valence-corrected chi connectivity index (χ0v) is 19.6. The van der Waals surface area contributed by atoms with E-state index >= 15 is 0 Å². The monoisotopic (exact) mass is 491 g/mol. The normalized spacial score (nSPS) is 13.0. The predicted octanol–water partition coefficient (Wildman–Crippen LogP) is 3.87. The van der Waals surface area contributed by atoms with Crippen molar-refractivity contribution in [2.45, 2.75) is 26.1 Å². The first kappa shape index (κ1) is 22.7. The highest BCUT2D eigenvalue weighted by molar-refractivity contribution is 6.30. The Morgan fingerprint density at radius 2 is 1.86 bits per heavy atom. The fourth-order valence-corrected chi connectivity index (χ4v) is 3.97. The summed E-state index contributed by atoms with van der Waals surface area (Å²) in [5.41, 5.74) is 2.82. The van der Waals surface area contributed by atoms with Gasteiger partial charge in [0.2, 0.25) is 18.6 Å². The minimum Gasteiger partial charge on any atom is -0.454 e. The number of ether oxygens (including phenoxy) is 2. The lowest BCUT2D eigenvalue weighted by Crippen LogP contribution is -2.46. The summed E-state index contributed by atoms with van der Waals surface area (Å²) in [4.78, 5) is 28.2. The molecule has 0 spiro atoms. The molecule has 10 heteroatoms. The molecule has 9 nitrogen and oxygen atoms in total. The molecule has 2 amide bonds. The number of amides is 2. The number of hydrogen-bond acceptors (Lipinski definition) is 6. The van der Waals surface area contributed by atoms with Gasteiger partial charge in [-0.2, -0.15) is 0 Å². The van der Waals surface area contributed by atoms with Gasteiger partial charge in [-0.1, -0.05) is 41.1 Å². The van der Waals surface area contributed by atoms with Crippen molar-refractivity contribution in [1.29, 1.82) is 0 Å². The highest BCUT2D eigenvalue weighted by atomic mass is 35.5. The summed E-state index contributed by atoms with van der Waals surface area (Å²) in [6.45, 7) is 1.99. The highest BCUT2D eigenvalue weighted by Crippen LogP contribution is 2.34. The number of nitrogens with zero attached hydrogens (tertiary/aromatic N) is 4. The summed E-state index contributed by atoms with van der Waals surface area (Å²) in [7, 11) is 0. The van der Waals surface area contributed by atoms with Crippen LogP contribution in [0.2, 0.25) is 5.02 Å². The number of carbonyl (C=O) groups is 2. The predicted molar refractivity (Wildman–Crippen MR) is 130 cm³/mol. The second-order valence-corrected chi connectivity index (χ2v) is 8.55. The average Bonchev–Trinajstić information content (AvgIpc) is 3.50. The quantitative estimate of drug-likeness (QED) is 0.421. The van der Waals surface area contributed by atoms with E-state index in [1.165, 1.54) is 9.58 Å². The summed E-state index contributed by atoms with van der Waals surface area (Å²) in [6.07, 6.45) is 0. The molecule has 1 aliphatic rings. The van der Waals surface area contributed by atoms with Crippen molar-refractivity contribution < 1.29 is 19.1 Å². The van der Waals surface area contributed by atoms with E-state index in [0.717, 1.165) is 11.1 Å². The first-order chi connectivity index (χ1) is 17.0. The highest BCUT2D eigenvalue weighted by Gasteiger charge is 2.27. The van der Waals surface area contributed by atoms with Crippen molar-refractivity contribution >= 4 is 40.1 Å². The van der Waals surface area contributed by atoms with Crippen LogP contribution in [0, 0.1) is 0 Å². The van der Waals surface area contributed by atoms with Crippen LogP contribution < -0.4 is 14.8 Å². The molecule has 0 saturated heterocycles. The summed E-state index contributed by atoms with van der Waals surface area (Å²) in [5.74, 6) is 0.567. The van der Waals surface area contributed by atoms with Crippen LogP contribution >= 0.6 is 11.6 Å². The van der Waals surface area contributed by atoms with Crippen LogP contribution in [-0.4, -0.2) is 44.5 Å². The first-order valence-corrected chi connectivity index (χ1v) is 11.4. The van der Waals surface area contributed by atoms with Gasteiger partial charge in [0, 0.05) is 23.3 Å². The number of carbonyl (C=O) groups excluding carboxylic acids is 2. The van der Waals surface area contributed by atoms with E-state index < -0.39 is 6.04 Å². The van der Waals surface area contributed by atoms with E-state index in [9.17, 15) is 9.59 Å². The third kappa shape index (κ3) is 4.90. The molecular weight excluding hydrogens is 470 g/mol. The molecule has 3 aromatic carbocycles. The number of halogens is 1. The zero-order chi connectivity index (χ0) is 24.4. The van der Waals surface area contributed by atoms with Crippen LogP contribution in [0.1, 0.15) is 12.5 Å². The molecule has 1 unspecified atom stereocenters. The fourth-order valence-electron chi connectivity index (χ4n) is 3.84. The van der Waals surface area contributed by atoms with Crippen LogP contribution in [0.4, 0.5) is 5.69 Å². The lowest BCUT2D eigenvalue weighted by molar-refractivity contribution is -0.139. The van der Waals surface area contributed by atoms with Crippen LogP contribution in [0.5, 0.6) is 11.5 Å². The number of anilines is 1. The lowest BCUT2D eigenvalue weighted by atomic mass is 10.1. The smallest absolute Gasteiger partial charge is 0.246 e. The third-order valence-electron chi connectivity index (χ3n) is 5.78. The standard InChI is InChI=1S/C25H22ClN5O4/c1-16(25(33)27-19-10-11-22-23(12-19)35-15-34-22)30(13-17-6-8-18(26)9-7-17)24(32)14-31-21-5-3-2-4-20(21)28-29-31/h2-12,16H,13-15H2,1H3,(H,27,33). The van der Waals surface area contributed by atoms with E-state index in [-0.39, 0.29) is 31.7 Å². The SMILES string of the molecule is CC(C(=O)Nc1ccc2c(c1)OCO2)N(Cc1ccc(Cl)cc1)C(=O)Cn1nnc2ccccc21. The Morgan fingerprint density at radius 1 is 1.09 bits per heavy atom. The Hall–Kier alpha value is -4.11. The van der Waals surface area contributed by atoms with Crippen LogP contribution in [-0.2, 0) is 22.7 Å². The Kier molecular flexibility index (Phi) is 6.24. The molecule has 0 fully saturated rings. The largest absolute Gasteiger partial charge is 0.454 e. The third-order valence-corrected chi connectivity index (χ3v) is 6.03. The molecule has 1 aliphatic heterocycles. The average molecular weight is 492 g/mol. The van der Waals surface area contributed by atoms with Gasteiger partial charge in [0.05, 0.1) is 5.52 Å². The van der Waals surface area contributed by atoms with E-state index in [4.69, 9.17) is 21.1 Å².